The predicted octanol–water partition coefficient (Wildman–Crippen LogP) is 2.25. The molecule has 1 aliphatic rings. The zero-order valence-electron chi connectivity index (χ0n) is 14.5. The predicted molar refractivity (Wildman–Crippen MR) is 89.9 cm³/mol. The number of likely N-dealkylation sites (tertiary alicyclic amines) is 1. The van der Waals surface area contributed by atoms with Crippen molar-refractivity contribution in [1.29, 1.82) is 0 Å². The van der Waals surface area contributed by atoms with Crippen LogP contribution in [0.3, 0.4) is 0 Å². The number of ether oxygens (including phenoxy) is 1. The van der Waals surface area contributed by atoms with Gasteiger partial charge in [0.25, 0.3) is 0 Å². The van der Waals surface area contributed by atoms with E-state index in [1.807, 2.05) is 0 Å². The zero-order valence-corrected chi connectivity index (χ0v) is 14.5. The molecular weight excluding hydrogens is 351 g/mol. The van der Waals surface area contributed by atoms with Gasteiger partial charge in [-0.2, -0.15) is 13.2 Å². The highest BCUT2D eigenvalue weighted by atomic mass is 19.4. The first-order chi connectivity index (χ1) is 12.3. The molecule has 1 aromatic rings. The third-order valence-corrected chi connectivity index (χ3v) is 3.94. The summed E-state index contributed by atoms with van der Waals surface area (Å²) in [6, 6.07) is 3.03. The van der Waals surface area contributed by atoms with Crippen molar-refractivity contribution in [1.82, 2.24) is 10.2 Å². The standard InChI is InChI=1S/C17H22F3N3O3/c1-2-26-14-6-5-12(17(18,19)20)9-13(14)21-10-15(24)22-11-16(25)23-7-3-4-8-23/h5-6,9,21H,2-4,7-8,10-11H2,1H3,(H,22,24). The second-order valence-corrected chi connectivity index (χ2v) is 5.86. The number of nitrogens with one attached hydrogen (secondary N) is 2. The number of benzene rings is 1. The summed E-state index contributed by atoms with van der Waals surface area (Å²) in [6.07, 6.45) is -2.58. The fourth-order valence-corrected chi connectivity index (χ4v) is 2.62. The van der Waals surface area contributed by atoms with Crippen LogP contribution in [0.25, 0.3) is 0 Å². The number of carbonyl (C=O) groups is 2. The van der Waals surface area contributed by atoms with E-state index in [0.717, 1.165) is 25.0 Å². The highest BCUT2D eigenvalue weighted by Crippen LogP contribution is 2.34. The molecule has 6 nitrogen and oxygen atoms in total. The van der Waals surface area contributed by atoms with Crippen molar-refractivity contribution in [2.75, 3.05) is 38.1 Å². The van der Waals surface area contributed by atoms with E-state index < -0.39 is 17.6 Å². The number of nitrogens with zero attached hydrogens (tertiary/aromatic N) is 1. The molecule has 0 bridgehead atoms. The van der Waals surface area contributed by atoms with E-state index in [1.54, 1.807) is 11.8 Å². The quantitative estimate of drug-likeness (QED) is 0.769. The van der Waals surface area contributed by atoms with E-state index in [2.05, 4.69) is 10.6 Å². The normalized spacial score (nSPS) is 14.2. The van der Waals surface area contributed by atoms with Crippen LogP contribution < -0.4 is 15.4 Å². The van der Waals surface area contributed by atoms with Crippen molar-refractivity contribution in [3.8, 4) is 5.75 Å². The van der Waals surface area contributed by atoms with E-state index in [0.29, 0.717) is 13.1 Å². The molecule has 0 saturated carbocycles. The van der Waals surface area contributed by atoms with Gasteiger partial charge in [-0.15, -0.1) is 0 Å². The largest absolute Gasteiger partial charge is 0.492 e. The monoisotopic (exact) mass is 373 g/mol. The topological polar surface area (TPSA) is 70.7 Å². The molecule has 0 aromatic heterocycles. The number of carbonyl (C=O) groups excluding carboxylic acids is 2. The van der Waals surface area contributed by atoms with Gasteiger partial charge < -0.3 is 20.3 Å². The SMILES string of the molecule is CCOc1ccc(C(F)(F)F)cc1NCC(=O)NCC(=O)N1CCCC1. The van der Waals surface area contributed by atoms with Gasteiger partial charge in [-0.25, -0.2) is 0 Å². The first-order valence-corrected chi connectivity index (χ1v) is 8.43. The first kappa shape index (κ1) is 19.9. The van der Waals surface area contributed by atoms with Crippen LogP contribution in [0.2, 0.25) is 0 Å². The Hall–Kier alpha value is -2.45. The van der Waals surface area contributed by atoms with Crippen LogP contribution in [0.1, 0.15) is 25.3 Å². The third kappa shape index (κ3) is 5.53. The lowest BCUT2D eigenvalue weighted by Crippen LogP contribution is -2.40. The summed E-state index contributed by atoms with van der Waals surface area (Å²) in [4.78, 5) is 25.4. The van der Waals surface area contributed by atoms with E-state index >= 15 is 0 Å². The Morgan fingerprint density at radius 1 is 1.19 bits per heavy atom. The highest BCUT2D eigenvalue weighted by molar-refractivity contribution is 5.87. The lowest BCUT2D eigenvalue weighted by Gasteiger charge is -2.17. The minimum absolute atomic E-state index is 0.0719. The molecule has 0 atom stereocenters. The number of hydrogen-bond acceptors (Lipinski definition) is 4. The van der Waals surface area contributed by atoms with E-state index in [1.165, 1.54) is 6.07 Å². The summed E-state index contributed by atoms with van der Waals surface area (Å²) >= 11 is 0. The lowest BCUT2D eigenvalue weighted by molar-refractivity contribution is -0.137. The molecule has 1 saturated heterocycles. The van der Waals surface area contributed by atoms with Gasteiger partial charge in [-0.1, -0.05) is 0 Å². The Labute approximate surface area is 149 Å². The molecule has 0 aliphatic carbocycles. The molecule has 0 radical (unpaired) electrons. The Balaban J connectivity index is 1.91. The van der Waals surface area contributed by atoms with Crippen molar-refractivity contribution in [3.63, 3.8) is 0 Å². The van der Waals surface area contributed by atoms with Gasteiger partial charge >= 0.3 is 6.18 Å². The number of rotatable bonds is 7. The van der Waals surface area contributed by atoms with Crippen molar-refractivity contribution < 1.29 is 27.5 Å². The molecule has 1 heterocycles. The Bertz CT molecular complexity index is 644. The number of anilines is 1. The van der Waals surface area contributed by atoms with Crippen LogP contribution in [-0.4, -0.2) is 49.5 Å². The lowest BCUT2D eigenvalue weighted by atomic mass is 10.1. The molecule has 144 valence electrons. The van der Waals surface area contributed by atoms with E-state index in [-0.39, 0.29) is 37.0 Å². The van der Waals surface area contributed by atoms with Gasteiger partial charge in [0, 0.05) is 13.1 Å². The van der Waals surface area contributed by atoms with E-state index in [9.17, 15) is 22.8 Å². The number of alkyl halides is 3. The van der Waals surface area contributed by atoms with E-state index in [4.69, 9.17) is 4.74 Å². The molecule has 1 fully saturated rings. The van der Waals surface area contributed by atoms with Crippen LogP contribution in [0.5, 0.6) is 5.75 Å². The van der Waals surface area contributed by atoms with Crippen LogP contribution in [0.15, 0.2) is 18.2 Å². The molecule has 1 aliphatic heterocycles. The fraction of sp³-hybridized carbons (Fsp3) is 0.529. The highest BCUT2D eigenvalue weighted by Gasteiger charge is 2.31. The smallest absolute Gasteiger partial charge is 0.416 e. The molecule has 0 unspecified atom stereocenters. The summed E-state index contributed by atoms with van der Waals surface area (Å²) in [5.74, 6) is -0.427. The maximum Gasteiger partial charge on any atom is 0.416 e. The first-order valence-electron chi connectivity index (χ1n) is 8.43. The van der Waals surface area contributed by atoms with Crippen LogP contribution in [0.4, 0.5) is 18.9 Å². The number of amides is 2. The van der Waals surface area contributed by atoms with Gasteiger partial charge in [-0.3, -0.25) is 9.59 Å². The Morgan fingerprint density at radius 2 is 1.88 bits per heavy atom. The van der Waals surface area contributed by atoms with Crippen molar-refractivity contribution in [2.45, 2.75) is 25.9 Å². The number of halogens is 3. The molecule has 26 heavy (non-hydrogen) atoms. The van der Waals surface area contributed by atoms with Gasteiger partial charge in [0.05, 0.1) is 30.9 Å². The summed E-state index contributed by atoms with van der Waals surface area (Å²) in [7, 11) is 0. The van der Waals surface area contributed by atoms with Gasteiger partial charge in [0.15, 0.2) is 0 Å². The fourth-order valence-electron chi connectivity index (χ4n) is 2.62. The summed E-state index contributed by atoms with van der Waals surface area (Å²) < 4.78 is 43.8. The Kier molecular flexibility index (Phi) is 6.70. The third-order valence-electron chi connectivity index (χ3n) is 3.94. The minimum atomic E-state index is -4.49. The molecule has 2 N–H and O–H groups in total. The van der Waals surface area contributed by atoms with Crippen LogP contribution in [0, 0.1) is 0 Å². The second kappa shape index (κ2) is 8.77. The van der Waals surface area contributed by atoms with Gasteiger partial charge in [0.2, 0.25) is 11.8 Å². The molecule has 1 aromatic carbocycles. The zero-order chi connectivity index (χ0) is 19.2. The summed E-state index contributed by atoms with van der Waals surface area (Å²) in [5.41, 5.74) is -0.768. The molecule has 2 rings (SSSR count). The summed E-state index contributed by atoms with van der Waals surface area (Å²) in [6.45, 7) is 2.97. The van der Waals surface area contributed by atoms with Crippen molar-refractivity contribution in [3.05, 3.63) is 23.8 Å². The molecule has 9 heteroatoms. The second-order valence-electron chi connectivity index (χ2n) is 5.86. The maximum atomic E-state index is 12.9. The van der Waals surface area contributed by atoms with Crippen molar-refractivity contribution in [2.24, 2.45) is 0 Å². The van der Waals surface area contributed by atoms with Gasteiger partial charge in [-0.05, 0) is 38.0 Å². The average molecular weight is 373 g/mol. The molecular formula is C17H22F3N3O3. The maximum absolute atomic E-state index is 12.9. The van der Waals surface area contributed by atoms with Crippen LogP contribution >= 0.6 is 0 Å². The Morgan fingerprint density at radius 3 is 2.50 bits per heavy atom. The van der Waals surface area contributed by atoms with Crippen molar-refractivity contribution >= 4 is 17.5 Å². The molecule has 0 spiro atoms. The average Bonchev–Trinajstić information content (AvgIpc) is 3.12. The minimum Gasteiger partial charge on any atom is -0.492 e. The van der Waals surface area contributed by atoms with Crippen LogP contribution in [-0.2, 0) is 15.8 Å². The molecule has 2 amide bonds. The number of hydrogen-bond donors (Lipinski definition) is 2. The van der Waals surface area contributed by atoms with Gasteiger partial charge in [0.1, 0.15) is 5.75 Å². The summed E-state index contributed by atoms with van der Waals surface area (Å²) in [5, 5.41) is 5.11.